The van der Waals surface area contributed by atoms with Gasteiger partial charge in [-0.15, -0.1) is 0 Å². The van der Waals surface area contributed by atoms with E-state index >= 15 is 0 Å². The molecule has 0 bridgehead atoms. The molecule has 0 fully saturated rings. The highest BCUT2D eigenvalue weighted by atomic mass is 19.1. The van der Waals surface area contributed by atoms with Crippen LogP contribution >= 0.6 is 0 Å². The van der Waals surface area contributed by atoms with Gasteiger partial charge in [0.05, 0.1) is 17.1 Å². The zero-order valence-electron chi connectivity index (χ0n) is 13.8. The maximum Gasteiger partial charge on any atom is 0.148 e. The summed E-state index contributed by atoms with van der Waals surface area (Å²) in [5.41, 5.74) is 15.4. The highest BCUT2D eigenvalue weighted by Crippen LogP contribution is 2.28. The van der Waals surface area contributed by atoms with E-state index in [1.165, 1.54) is 12.3 Å². The number of amidine groups is 1. The molecule has 130 valence electrons. The van der Waals surface area contributed by atoms with Crippen LogP contribution in [0.15, 0.2) is 58.4 Å². The first-order valence-electron chi connectivity index (χ1n) is 7.70. The molecule has 0 radical (unpaired) electrons. The van der Waals surface area contributed by atoms with E-state index in [0.717, 1.165) is 12.0 Å². The first-order valence-corrected chi connectivity index (χ1v) is 7.70. The fourth-order valence-corrected chi connectivity index (χ4v) is 2.43. The second-order valence-corrected chi connectivity index (χ2v) is 5.24. The average Bonchev–Trinajstić information content (AvgIpc) is 3.10. The van der Waals surface area contributed by atoms with Crippen LogP contribution in [0.1, 0.15) is 30.7 Å². The van der Waals surface area contributed by atoms with Gasteiger partial charge < -0.3 is 16.0 Å². The van der Waals surface area contributed by atoms with E-state index in [2.05, 4.69) is 20.4 Å². The standard InChI is InChI=1S/C17H20FN7/c1-2-11(13-7-8-15(24-13)17(20)23-10-19)16(25-21)9-22-14-6-4-3-5-12(14)18/h3-11,21-22,24H,2H2,1H3,(H3,19,20,23)/b16-9-,25-21?. The number of nitrogens with two attached hydrogens (primary N) is 1. The highest BCUT2D eigenvalue weighted by molar-refractivity contribution is 5.99. The average molecular weight is 341 g/mol. The minimum absolute atomic E-state index is 0.196. The van der Waals surface area contributed by atoms with Crippen LogP contribution in [-0.2, 0) is 0 Å². The molecule has 7 nitrogen and oxygen atoms in total. The Morgan fingerprint density at radius 1 is 1.36 bits per heavy atom. The van der Waals surface area contributed by atoms with Gasteiger partial charge in [0.25, 0.3) is 0 Å². The van der Waals surface area contributed by atoms with Gasteiger partial charge in [0.1, 0.15) is 18.0 Å². The number of nitrogens with zero attached hydrogens (tertiary/aromatic N) is 2. The summed E-state index contributed by atoms with van der Waals surface area (Å²) in [7, 11) is 0. The number of hydrogen-bond acceptors (Lipinski definition) is 4. The molecule has 1 unspecified atom stereocenters. The third-order valence-electron chi connectivity index (χ3n) is 3.71. The summed E-state index contributed by atoms with van der Waals surface area (Å²) in [6.45, 7) is 1.96. The maximum atomic E-state index is 13.7. The van der Waals surface area contributed by atoms with E-state index in [1.807, 2.05) is 13.0 Å². The van der Waals surface area contributed by atoms with E-state index < -0.39 is 0 Å². The Morgan fingerprint density at radius 2 is 2.12 bits per heavy atom. The van der Waals surface area contributed by atoms with Gasteiger partial charge in [-0.3, -0.25) is 5.41 Å². The number of rotatable bonds is 8. The minimum atomic E-state index is -0.381. The SMILES string of the molecule is CCC(/C(=C/Nc1ccccc1F)N=N)c1ccc(/C(N)=N\C=N)[nH]1. The van der Waals surface area contributed by atoms with Crippen LogP contribution in [0.2, 0.25) is 0 Å². The lowest BCUT2D eigenvalue weighted by Crippen LogP contribution is -2.14. The number of nitrogens with one attached hydrogen (secondary N) is 4. The van der Waals surface area contributed by atoms with Crippen LogP contribution in [0.3, 0.4) is 0 Å². The number of allylic oxidation sites excluding steroid dienone is 1. The van der Waals surface area contributed by atoms with E-state index in [9.17, 15) is 4.39 Å². The van der Waals surface area contributed by atoms with Gasteiger partial charge in [0.2, 0.25) is 0 Å². The number of para-hydroxylation sites is 1. The van der Waals surface area contributed by atoms with Crippen LogP contribution < -0.4 is 11.1 Å². The Bertz CT molecular complexity index is 807. The second-order valence-electron chi connectivity index (χ2n) is 5.24. The fourth-order valence-electron chi connectivity index (χ4n) is 2.43. The zero-order chi connectivity index (χ0) is 18.2. The molecule has 6 N–H and O–H groups in total. The summed E-state index contributed by atoms with van der Waals surface area (Å²) < 4.78 is 13.7. The predicted octanol–water partition coefficient (Wildman–Crippen LogP) is 3.94. The molecule has 0 aliphatic carbocycles. The van der Waals surface area contributed by atoms with Gasteiger partial charge in [-0.05, 0) is 30.7 Å². The normalized spacial score (nSPS) is 13.4. The summed E-state index contributed by atoms with van der Waals surface area (Å²) in [6, 6.07) is 9.87. The molecule has 0 aliphatic rings. The quantitative estimate of drug-likeness (QED) is 0.283. The lowest BCUT2D eigenvalue weighted by atomic mass is 9.99. The summed E-state index contributed by atoms with van der Waals surface area (Å²) in [5, 5.41) is 13.4. The molecular weight excluding hydrogens is 321 g/mol. The van der Waals surface area contributed by atoms with Crippen LogP contribution in [-0.4, -0.2) is 17.2 Å². The molecule has 1 aromatic carbocycles. The zero-order valence-corrected chi connectivity index (χ0v) is 13.8. The lowest BCUT2D eigenvalue weighted by Gasteiger charge is -2.14. The third kappa shape index (κ3) is 4.37. The third-order valence-corrected chi connectivity index (χ3v) is 3.71. The molecule has 0 amide bonds. The number of aliphatic imine (C=N–C) groups is 1. The molecule has 0 spiro atoms. The first kappa shape index (κ1) is 18.1. The van der Waals surface area contributed by atoms with Crippen molar-refractivity contribution < 1.29 is 4.39 Å². The first-order chi connectivity index (χ1) is 12.1. The van der Waals surface area contributed by atoms with Gasteiger partial charge in [-0.2, -0.15) is 5.11 Å². The van der Waals surface area contributed by atoms with Crippen LogP contribution in [0.25, 0.3) is 0 Å². The van der Waals surface area contributed by atoms with Crippen molar-refractivity contribution in [3.63, 3.8) is 0 Å². The Balaban J connectivity index is 2.26. The summed E-state index contributed by atoms with van der Waals surface area (Å²) in [5.74, 6) is -0.374. The smallest absolute Gasteiger partial charge is 0.148 e. The molecule has 0 aliphatic heterocycles. The van der Waals surface area contributed by atoms with E-state index in [4.69, 9.17) is 16.7 Å². The van der Waals surface area contributed by atoms with E-state index in [-0.39, 0.29) is 17.6 Å². The van der Waals surface area contributed by atoms with Crippen LogP contribution in [0.5, 0.6) is 0 Å². The van der Waals surface area contributed by atoms with Gasteiger partial charge in [-0.25, -0.2) is 14.9 Å². The van der Waals surface area contributed by atoms with Crippen LogP contribution in [0.4, 0.5) is 10.1 Å². The molecule has 2 rings (SSSR count). The van der Waals surface area contributed by atoms with Gasteiger partial charge in [0, 0.05) is 17.8 Å². The van der Waals surface area contributed by atoms with E-state index in [0.29, 0.717) is 23.5 Å². The Hall–Kier alpha value is -3.29. The number of hydrogen-bond donors (Lipinski definition) is 5. The van der Waals surface area contributed by atoms with Crippen molar-refractivity contribution in [1.29, 1.82) is 10.9 Å². The number of halogens is 1. The number of H-pyrrole nitrogens is 1. The molecule has 1 heterocycles. The number of anilines is 1. The molecule has 2 aromatic rings. The Morgan fingerprint density at radius 3 is 2.76 bits per heavy atom. The molecule has 8 heteroatoms. The molecule has 0 saturated carbocycles. The van der Waals surface area contributed by atoms with Crippen molar-refractivity contribution >= 4 is 17.9 Å². The van der Waals surface area contributed by atoms with E-state index in [1.54, 1.807) is 24.3 Å². The van der Waals surface area contributed by atoms with Crippen molar-refractivity contribution in [3.8, 4) is 0 Å². The fraction of sp³-hybridized carbons (Fsp3) is 0.176. The number of aromatic amines is 1. The van der Waals surface area contributed by atoms with Crippen molar-refractivity contribution in [1.82, 2.24) is 4.98 Å². The molecular formula is C17H20FN7. The van der Waals surface area contributed by atoms with Crippen molar-refractivity contribution in [2.45, 2.75) is 19.3 Å². The largest absolute Gasteiger partial charge is 0.382 e. The summed E-state index contributed by atoms with van der Waals surface area (Å²) >= 11 is 0. The van der Waals surface area contributed by atoms with Crippen molar-refractivity contribution in [2.24, 2.45) is 15.8 Å². The van der Waals surface area contributed by atoms with Crippen molar-refractivity contribution in [2.75, 3.05) is 5.32 Å². The van der Waals surface area contributed by atoms with Crippen LogP contribution in [0, 0.1) is 16.8 Å². The predicted molar refractivity (Wildman–Crippen MR) is 96.6 cm³/mol. The number of aromatic nitrogens is 1. The summed E-state index contributed by atoms with van der Waals surface area (Å²) in [6.07, 6.45) is 3.07. The Kier molecular flexibility index (Phi) is 6.16. The molecule has 25 heavy (non-hydrogen) atoms. The van der Waals surface area contributed by atoms with Gasteiger partial charge in [-0.1, -0.05) is 19.1 Å². The van der Waals surface area contributed by atoms with Gasteiger partial charge in [0.15, 0.2) is 0 Å². The molecule has 1 aromatic heterocycles. The monoisotopic (exact) mass is 341 g/mol. The molecule has 0 saturated heterocycles. The van der Waals surface area contributed by atoms with Gasteiger partial charge >= 0.3 is 0 Å². The minimum Gasteiger partial charge on any atom is -0.382 e. The van der Waals surface area contributed by atoms with Crippen molar-refractivity contribution in [3.05, 3.63) is 65.5 Å². The summed E-state index contributed by atoms with van der Waals surface area (Å²) in [4.78, 5) is 6.85. The lowest BCUT2D eigenvalue weighted by molar-refractivity contribution is 0.631. The topological polar surface area (TPSA) is 126 Å². The number of benzene rings is 1. The highest BCUT2D eigenvalue weighted by Gasteiger charge is 2.17. The molecule has 1 atom stereocenters. The maximum absolute atomic E-state index is 13.7. The second kappa shape index (κ2) is 8.53. The Labute approximate surface area is 144 Å².